The van der Waals surface area contributed by atoms with Crippen molar-refractivity contribution in [2.45, 2.75) is 40.0 Å². The lowest BCUT2D eigenvalue weighted by Crippen LogP contribution is -2.12. The van der Waals surface area contributed by atoms with E-state index in [0.717, 1.165) is 16.7 Å². The molecule has 1 aromatic carbocycles. The van der Waals surface area contributed by atoms with Crippen LogP contribution in [-0.2, 0) is 5.41 Å². The van der Waals surface area contributed by atoms with Crippen molar-refractivity contribution in [1.82, 2.24) is 10.3 Å². The van der Waals surface area contributed by atoms with E-state index in [4.69, 9.17) is 5.73 Å². The van der Waals surface area contributed by atoms with Crippen LogP contribution in [0.4, 0.5) is 5.82 Å². The maximum Gasteiger partial charge on any atom is 0.196 e. The summed E-state index contributed by atoms with van der Waals surface area (Å²) < 4.78 is 4.68. The molecule has 0 spiro atoms. The van der Waals surface area contributed by atoms with Crippen LogP contribution in [0.5, 0.6) is 0 Å². The van der Waals surface area contributed by atoms with Gasteiger partial charge in [0.25, 0.3) is 0 Å². The molecule has 1 heterocycles. The topological polar surface area (TPSA) is 64.9 Å². The number of anilines is 1. The molecule has 0 unspecified atom stereocenters. The molecule has 2 rings (SSSR count). The number of nitrogens with zero attached hydrogens (tertiary/aromatic N) is 2. The van der Waals surface area contributed by atoms with E-state index in [1.165, 1.54) is 5.56 Å². The fraction of sp³-hybridized carbons (Fsp3) is 0.429. The van der Waals surface area contributed by atoms with Crippen molar-refractivity contribution < 1.29 is 4.63 Å². The number of rotatable bonds is 1. The summed E-state index contributed by atoms with van der Waals surface area (Å²) in [6.45, 7) is 10.7. The fourth-order valence-corrected chi connectivity index (χ4v) is 2.14. The Morgan fingerprint density at radius 1 is 1.06 bits per heavy atom. The Kier molecular flexibility index (Phi) is 2.89. The normalized spacial score (nSPS) is 11.8. The molecule has 2 aromatic rings. The SMILES string of the molecule is Cc1cc(C(C)(C)C)cc(C)c1-c1nonc1N. The summed E-state index contributed by atoms with van der Waals surface area (Å²) in [6, 6.07) is 4.35. The maximum atomic E-state index is 5.77. The van der Waals surface area contributed by atoms with Crippen molar-refractivity contribution in [1.29, 1.82) is 0 Å². The van der Waals surface area contributed by atoms with Crippen LogP contribution in [0.15, 0.2) is 16.8 Å². The Labute approximate surface area is 107 Å². The number of hydrogen-bond donors (Lipinski definition) is 1. The van der Waals surface area contributed by atoms with Gasteiger partial charge >= 0.3 is 0 Å². The molecule has 96 valence electrons. The Bertz CT molecular complexity index is 556. The predicted molar refractivity (Wildman–Crippen MR) is 72.3 cm³/mol. The van der Waals surface area contributed by atoms with Gasteiger partial charge in [-0.2, -0.15) is 0 Å². The Morgan fingerprint density at radius 2 is 1.61 bits per heavy atom. The van der Waals surface area contributed by atoms with Crippen LogP contribution in [0.3, 0.4) is 0 Å². The largest absolute Gasteiger partial charge is 0.379 e. The van der Waals surface area contributed by atoms with Gasteiger partial charge in [0.05, 0.1) is 0 Å². The summed E-state index contributed by atoms with van der Waals surface area (Å²) in [4.78, 5) is 0. The zero-order valence-corrected chi connectivity index (χ0v) is 11.5. The van der Waals surface area contributed by atoms with Crippen molar-refractivity contribution in [3.63, 3.8) is 0 Å². The molecule has 4 heteroatoms. The highest BCUT2D eigenvalue weighted by molar-refractivity contribution is 5.75. The third kappa shape index (κ3) is 2.10. The first-order valence-corrected chi connectivity index (χ1v) is 6.01. The van der Waals surface area contributed by atoms with E-state index < -0.39 is 0 Å². The molecule has 0 saturated carbocycles. The zero-order valence-electron chi connectivity index (χ0n) is 11.5. The number of aryl methyl sites for hydroxylation is 2. The van der Waals surface area contributed by atoms with Gasteiger partial charge in [0.2, 0.25) is 0 Å². The first kappa shape index (κ1) is 12.6. The minimum atomic E-state index is 0.127. The lowest BCUT2D eigenvalue weighted by molar-refractivity contribution is 0.310. The van der Waals surface area contributed by atoms with Crippen molar-refractivity contribution in [2.75, 3.05) is 5.73 Å². The monoisotopic (exact) mass is 245 g/mol. The molecule has 0 fully saturated rings. The summed E-state index contributed by atoms with van der Waals surface area (Å²) in [6.07, 6.45) is 0. The maximum absolute atomic E-state index is 5.77. The number of nitrogens with two attached hydrogens (primary N) is 1. The number of benzene rings is 1. The van der Waals surface area contributed by atoms with E-state index in [-0.39, 0.29) is 5.41 Å². The molecule has 0 saturated heterocycles. The Morgan fingerprint density at radius 3 is 2.00 bits per heavy atom. The van der Waals surface area contributed by atoms with Crippen LogP contribution in [0.25, 0.3) is 11.3 Å². The standard InChI is InChI=1S/C14H19N3O/c1-8-6-10(14(3,4)5)7-9(2)11(8)12-13(15)17-18-16-12/h6-7H,1-5H3,(H2,15,17). The smallest absolute Gasteiger partial charge is 0.196 e. The van der Waals surface area contributed by atoms with Crippen LogP contribution in [0, 0.1) is 13.8 Å². The van der Waals surface area contributed by atoms with Crippen LogP contribution in [0.1, 0.15) is 37.5 Å². The third-order valence-electron chi connectivity index (χ3n) is 3.15. The van der Waals surface area contributed by atoms with Gasteiger partial charge in [-0.25, -0.2) is 4.63 Å². The Balaban J connectivity index is 2.62. The van der Waals surface area contributed by atoms with Crippen molar-refractivity contribution in [2.24, 2.45) is 0 Å². The van der Waals surface area contributed by atoms with Gasteiger partial charge in [-0.3, -0.25) is 0 Å². The molecule has 4 nitrogen and oxygen atoms in total. The van der Waals surface area contributed by atoms with Crippen LogP contribution in [-0.4, -0.2) is 10.3 Å². The van der Waals surface area contributed by atoms with Crippen molar-refractivity contribution in [3.8, 4) is 11.3 Å². The van der Waals surface area contributed by atoms with E-state index >= 15 is 0 Å². The molecular formula is C14H19N3O. The van der Waals surface area contributed by atoms with E-state index in [2.05, 4.69) is 61.7 Å². The average molecular weight is 245 g/mol. The molecule has 0 radical (unpaired) electrons. The summed E-state index contributed by atoms with van der Waals surface area (Å²) >= 11 is 0. The molecule has 2 N–H and O–H groups in total. The number of hydrogen-bond acceptors (Lipinski definition) is 4. The van der Waals surface area contributed by atoms with Crippen molar-refractivity contribution >= 4 is 5.82 Å². The van der Waals surface area contributed by atoms with Crippen LogP contribution < -0.4 is 5.73 Å². The highest BCUT2D eigenvalue weighted by atomic mass is 16.6. The van der Waals surface area contributed by atoms with E-state index in [1.54, 1.807) is 0 Å². The lowest BCUT2D eigenvalue weighted by atomic mass is 9.83. The zero-order chi connectivity index (χ0) is 13.5. The summed E-state index contributed by atoms with van der Waals surface area (Å²) in [5.41, 5.74) is 11.1. The molecule has 0 atom stereocenters. The molecule has 1 aromatic heterocycles. The fourth-order valence-electron chi connectivity index (χ4n) is 2.14. The molecule has 0 aliphatic carbocycles. The lowest BCUT2D eigenvalue weighted by Gasteiger charge is -2.21. The second kappa shape index (κ2) is 4.12. The number of nitrogen functional groups attached to an aromatic ring is 1. The summed E-state index contributed by atoms with van der Waals surface area (Å²) in [7, 11) is 0. The van der Waals surface area contributed by atoms with E-state index in [1.807, 2.05) is 0 Å². The van der Waals surface area contributed by atoms with Gasteiger partial charge in [-0.15, -0.1) is 0 Å². The predicted octanol–water partition coefficient (Wildman–Crippen LogP) is 3.23. The molecule has 0 aliphatic heterocycles. The molecule has 18 heavy (non-hydrogen) atoms. The van der Waals surface area contributed by atoms with Crippen molar-refractivity contribution in [3.05, 3.63) is 28.8 Å². The first-order valence-electron chi connectivity index (χ1n) is 6.01. The molecule has 0 bridgehead atoms. The number of aromatic nitrogens is 2. The highest BCUT2D eigenvalue weighted by Crippen LogP contribution is 2.33. The van der Waals surface area contributed by atoms with Crippen LogP contribution in [0.2, 0.25) is 0 Å². The second-order valence-electron chi connectivity index (χ2n) is 5.73. The third-order valence-corrected chi connectivity index (χ3v) is 3.15. The van der Waals surface area contributed by atoms with Gasteiger partial charge < -0.3 is 5.73 Å². The van der Waals surface area contributed by atoms with Gasteiger partial charge in [0.1, 0.15) is 0 Å². The molecular weight excluding hydrogens is 226 g/mol. The minimum Gasteiger partial charge on any atom is -0.379 e. The van der Waals surface area contributed by atoms with Gasteiger partial charge in [0, 0.05) is 5.56 Å². The highest BCUT2D eigenvalue weighted by Gasteiger charge is 2.19. The van der Waals surface area contributed by atoms with Crippen LogP contribution >= 0.6 is 0 Å². The summed E-state index contributed by atoms with van der Waals surface area (Å²) in [5, 5.41) is 7.53. The van der Waals surface area contributed by atoms with Gasteiger partial charge in [-0.05, 0) is 46.3 Å². The van der Waals surface area contributed by atoms with E-state index in [0.29, 0.717) is 11.5 Å². The molecule has 0 amide bonds. The summed E-state index contributed by atoms with van der Waals surface area (Å²) in [5.74, 6) is 0.338. The average Bonchev–Trinajstić information content (AvgIpc) is 2.62. The quantitative estimate of drug-likeness (QED) is 0.837. The van der Waals surface area contributed by atoms with Gasteiger partial charge in [-0.1, -0.05) is 32.9 Å². The first-order chi connectivity index (χ1) is 8.30. The minimum absolute atomic E-state index is 0.127. The second-order valence-corrected chi connectivity index (χ2v) is 5.73. The van der Waals surface area contributed by atoms with Gasteiger partial charge in [0.15, 0.2) is 11.5 Å². The van der Waals surface area contributed by atoms with E-state index in [9.17, 15) is 0 Å². The Hall–Kier alpha value is -1.84. The molecule has 0 aliphatic rings.